The first-order valence-corrected chi connectivity index (χ1v) is 10.5. The summed E-state index contributed by atoms with van der Waals surface area (Å²) in [4.78, 5) is 25.4. The molecule has 2 aromatic carbocycles. The van der Waals surface area contributed by atoms with Gasteiger partial charge in [-0.3, -0.25) is 0 Å². The first-order valence-electron chi connectivity index (χ1n) is 10.5. The van der Waals surface area contributed by atoms with Gasteiger partial charge in [-0.15, -0.1) is 0 Å². The third-order valence-corrected chi connectivity index (χ3v) is 5.67. The SMILES string of the molecule is COC(C)C(C)C(OC(=O)c1ccccc1)C(C)C(CCO)OC(=O)c1ccccc1. The molecule has 0 bridgehead atoms. The van der Waals surface area contributed by atoms with Crippen LogP contribution in [-0.2, 0) is 14.2 Å². The first kappa shape index (κ1) is 24.6. The minimum atomic E-state index is -0.641. The van der Waals surface area contributed by atoms with Gasteiger partial charge in [0.2, 0.25) is 0 Å². The van der Waals surface area contributed by atoms with Crippen LogP contribution in [0.25, 0.3) is 0 Å². The quantitative estimate of drug-likeness (QED) is 0.542. The Morgan fingerprint density at radius 3 is 1.74 bits per heavy atom. The Kier molecular flexibility index (Phi) is 9.69. The fraction of sp³-hybridized carbons (Fsp3) is 0.440. The largest absolute Gasteiger partial charge is 0.458 e. The lowest BCUT2D eigenvalue weighted by Crippen LogP contribution is -2.43. The molecule has 0 aromatic heterocycles. The zero-order chi connectivity index (χ0) is 22.8. The zero-order valence-electron chi connectivity index (χ0n) is 18.6. The Morgan fingerprint density at radius 2 is 1.29 bits per heavy atom. The van der Waals surface area contributed by atoms with Crippen molar-refractivity contribution < 1.29 is 28.9 Å². The van der Waals surface area contributed by atoms with E-state index < -0.39 is 24.1 Å². The van der Waals surface area contributed by atoms with Crippen LogP contribution in [0.1, 0.15) is 47.9 Å². The molecule has 0 aliphatic heterocycles. The van der Waals surface area contributed by atoms with Gasteiger partial charge in [-0.2, -0.15) is 0 Å². The van der Waals surface area contributed by atoms with E-state index in [2.05, 4.69) is 0 Å². The van der Waals surface area contributed by atoms with Crippen LogP contribution in [0.2, 0.25) is 0 Å². The van der Waals surface area contributed by atoms with Gasteiger partial charge >= 0.3 is 11.9 Å². The number of rotatable bonds is 11. The lowest BCUT2D eigenvalue weighted by atomic mass is 9.85. The summed E-state index contributed by atoms with van der Waals surface area (Å²) >= 11 is 0. The molecule has 168 valence electrons. The summed E-state index contributed by atoms with van der Waals surface area (Å²) in [5, 5.41) is 9.58. The van der Waals surface area contributed by atoms with E-state index in [1.54, 1.807) is 55.6 Å². The van der Waals surface area contributed by atoms with Crippen molar-refractivity contribution in [3.05, 3.63) is 71.8 Å². The van der Waals surface area contributed by atoms with Crippen molar-refractivity contribution in [1.29, 1.82) is 0 Å². The summed E-state index contributed by atoms with van der Waals surface area (Å²) in [6.45, 7) is 5.53. The minimum Gasteiger partial charge on any atom is -0.458 e. The maximum atomic E-state index is 12.8. The molecule has 0 fully saturated rings. The van der Waals surface area contributed by atoms with Crippen molar-refractivity contribution in [3.63, 3.8) is 0 Å². The number of methoxy groups -OCH3 is 1. The van der Waals surface area contributed by atoms with Crippen molar-refractivity contribution in [2.75, 3.05) is 13.7 Å². The first-order chi connectivity index (χ1) is 14.9. The number of hydrogen-bond acceptors (Lipinski definition) is 6. The predicted molar refractivity (Wildman–Crippen MR) is 118 cm³/mol. The number of carbonyl (C=O) groups excluding carboxylic acids is 2. The van der Waals surface area contributed by atoms with Gasteiger partial charge < -0.3 is 19.3 Å². The van der Waals surface area contributed by atoms with Crippen molar-refractivity contribution in [2.24, 2.45) is 11.8 Å². The number of benzene rings is 2. The fourth-order valence-electron chi connectivity index (χ4n) is 3.49. The zero-order valence-corrected chi connectivity index (χ0v) is 18.6. The van der Waals surface area contributed by atoms with E-state index in [1.807, 2.05) is 32.9 Å². The second-order valence-electron chi connectivity index (χ2n) is 7.72. The summed E-state index contributed by atoms with van der Waals surface area (Å²) in [7, 11) is 1.60. The van der Waals surface area contributed by atoms with Gasteiger partial charge in [0.15, 0.2) is 0 Å². The molecule has 6 nitrogen and oxygen atoms in total. The molecule has 5 atom stereocenters. The Labute approximate surface area is 184 Å². The maximum Gasteiger partial charge on any atom is 0.338 e. The molecule has 0 saturated carbocycles. The normalized spacial score (nSPS) is 15.9. The van der Waals surface area contributed by atoms with Gasteiger partial charge in [-0.05, 0) is 31.2 Å². The molecular formula is C25H32O6. The highest BCUT2D eigenvalue weighted by Crippen LogP contribution is 2.28. The summed E-state index contributed by atoms with van der Waals surface area (Å²) in [6.07, 6.45) is -1.20. The van der Waals surface area contributed by atoms with E-state index >= 15 is 0 Å². The van der Waals surface area contributed by atoms with E-state index in [0.717, 1.165) is 0 Å². The van der Waals surface area contributed by atoms with Crippen LogP contribution in [0.5, 0.6) is 0 Å². The molecule has 2 aromatic rings. The molecule has 0 aliphatic carbocycles. The number of aliphatic hydroxyl groups is 1. The lowest BCUT2D eigenvalue weighted by molar-refractivity contribution is -0.0730. The van der Waals surface area contributed by atoms with E-state index in [-0.39, 0.29) is 31.0 Å². The topological polar surface area (TPSA) is 82.1 Å². The average molecular weight is 429 g/mol. The number of esters is 2. The van der Waals surface area contributed by atoms with Crippen LogP contribution in [0, 0.1) is 11.8 Å². The Morgan fingerprint density at radius 1 is 0.806 bits per heavy atom. The van der Waals surface area contributed by atoms with Crippen LogP contribution >= 0.6 is 0 Å². The molecule has 0 saturated heterocycles. The van der Waals surface area contributed by atoms with E-state index in [9.17, 15) is 14.7 Å². The van der Waals surface area contributed by atoms with Crippen LogP contribution in [0.4, 0.5) is 0 Å². The van der Waals surface area contributed by atoms with Gasteiger partial charge in [-0.25, -0.2) is 9.59 Å². The Balaban J connectivity index is 2.25. The van der Waals surface area contributed by atoms with Gasteiger partial charge in [0.05, 0.1) is 17.2 Å². The predicted octanol–water partition coefficient (Wildman–Crippen LogP) is 4.13. The van der Waals surface area contributed by atoms with Gasteiger partial charge in [0.1, 0.15) is 12.2 Å². The maximum absolute atomic E-state index is 12.8. The van der Waals surface area contributed by atoms with Crippen LogP contribution < -0.4 is 0 Å². The van der Waals surface area contributed by atoms with Crippen molar-refractivity contribution in [1.82, 2.24) is 0 Å². The number of ether oxygens (including phenoxy) is 3. The molecule has 0 heterocycles. The highest BCUT2D eigenvalue weighted by atomic mass is 16.6. The molecule has 0 radical (unpaired) electrons. The molecule has 2 rings (SSSR count). The molecule has 6 heteroatoms. The monoisotopic (exact) mass is 428 g/mol. The van der Waals surface area contributed by atoms with Crippen molar-refractivity contribution in [3.8, 4) is 0 Å². The molecule has 0 aliphatic rings. The van der Waals surface area contributed by atoms with Crippen LogP contribution in [0.3, 0.4) is 0 Å². The van der Waals surface area contributed by atoms with E-state index in [4.69, 9.17) is 14.2 Å². The second-order valence-corrected chi connectivity index (χ2v) is 7.72. The molecule has 31 heavy (non-hydrogen) atoms. The highest BCUT2D eigenvalue weighted by molar-refractivity contribution is 5.90. The van der Waals surface area contributed by atoms with Crippen LogP contribution in [-0.4, -0.2) is 49.1 Å². The van der Waals surface area contributed by atoms with E-state index in [1.165, 1.54) is 0 Å². The fourth-order valence-corrected chi connectivity index (χ4v) is 3.49. The van der Waals surface area contributed by atoms with Gasteiger partial charge in [0.25, 0.3) is 0 Å². The standard InChI is InChI=1S/C25H32O6/c1-17(19(3)29-4)23(31-25(28)21-13-9-6-10-14-21)18(2)22(15-16-26)30-24(27)20-11-7-5-8-12-20/h5-14,17-19,22-23,26H,15-16H2,1-4H3. The number of aliphatic hydroxyl groups excluding tert-OH is 1. The Hall–Kier alpha value is -2.70. The Bertz CT molecular complexity index is 807. The van der Waals surface area contributed by atoms with Crippen molar-refractivity contribution >= 4 is 11.9 Å². The minimum absolute atomic E-state index is 0.162. The second kappa shape index (κ2) is 12.2. The smallest absolute Gasteiger partial charge is 0.338 e. The highest BCUT2D eigenvalue weighted by Gasteiger charge is 2.37. The average Bonchev–Trinajstić information content (AvgIpc) is 2.81. The summed E-state index contributed by atoms with van der Waals surface area (Å²) in [5.74, 6) is -1.49. The third-order valence-electron chi connectivity index (χ3n) is 5.67. The lowest BCUT2D eigenvalue weighted by Gasteiger charge is -2.35. The van der Waals surface area contributed by atoms with Gasteiger partial charge in [0, 0.05) is 32.0 Å². The molecular weight excluding hydrogens is 396 g/mol. The summed E-state index contributed by atoms with van der Waals surface area (Å²) in [6, 6.07) is 17.4. The third kappa shape index (κ3) is 6.91. The van der Waals surface area contributed by atoms with Crippen molar-refractivity contribution in [2.45, 2.75) is 45.5 Å². The van der Waals surface area contributed by atoms with Crippen LogP contribution in [0.15, 0.2) is 60.7 Å². The van der Waals surface area contributed by atoms with E-state index in [0.29, 0.717) is 11.1 Å². The molecule has 0 amide bonds. The number of carbonyl (C=O) groups is 2. The number of hydrogen-bond donors (Lipinski definition) is 1. The summed E-state index contributed by atoms with van der Waals surface area (Å²) in [5.41, 5.74) is 0.866. The molecule has 0 spiro atoms. The van der Waals surface area contributed by atoms with Gasteiger partial charge in [-0.1, -0.05) is 50.2 Å². The molecule has 1 N–H and O–H groups in total. The molecule has 5 unspecified atom stereocenters. The summed E-state index contributed by atoms with van der Waals surface area (Å²) < 4.78 is 17.1.